The number of ether oxygens (including phenoxy) is 1. The molecular weight excluding hydrogens is 230 g/mol. The normalized spacial score (nSPS) is 31.8. The van der Waals surface area contributed by atoms with E-state index in [1.165, 1.54) is 0 Å². The van der Waals surface area contributed by atoms with Crippen LogP contribution < -0.4 is 5.73 Å². The second-order valence-electron chi connectivity index (χ2n) is 4.49. The summed E-state index contributed by atoms with van der Waals surface area (Å²) in [7, 11) is 2.08. The van der Waals surface area contributed by atoms with Crippen molar-refractivity contribution >= 4 is 18.3 Å². The number of likely N-dealkylation sites (tertiary alicyclic amines) is 1. The lowest BCUT2D eigenvalue weighted by Crippen LogP contribution is -2.48. The summed E-state index contributed by atoms with van der Waals surface area (Å²) < 4.78 is 5.66. The highest BCUT2D eigenvalue weighted by Gasteiger charge is 2.40. The summed E-state index contributed by atoms with van der Waals surface area (Å²) in [4.78, 5) is 15.8. The molecule has 0 aromatic rings. The van der Waals surface area contributed by atoms with E-state index in [4.69, 9.17) is 10.5 Å². The maximum atomic E-state index is 11.7. The standard InChI is InChI=1S/C10H19N3O2.ClH/c1-7(11)10(14)13-5-8-9(6-13)15-4-3-12(8)2;/h7-9H,3-6,11H2,1-2H3;1H/t7?,8-,9+;/m0./s1. The highest BCUT2D eigenvalue weighted by atomic mass is 35.5. The monoisotopic (exact) mass is 249 g/mol. The van der Waals surface area contributed by atoms with Crippen LogP contribution in [0.1, 0.15) is 6.92 Å². The molecule has 0 saturated carbocycles. The fraction of sp³-hybridized carbons (Fsp3) is 0.900. The van der Waals surface area contributed by atoms with Gasteiger partial charge in [-0.3, -0.25) is 9.69 Å². The lowest BCUT2D eigenvalue weighted by molar-refractivity contribution is -0.131. The fourth-order valence-electron chi connectivity index (χ4n) is 2.33. The molecule has 2 saturated heterocycles. The first-order chi connectivity index (χ1) is 7.09. The van der Waals surface area contributed by atoms with Crippen LogP contribution in [0.5, 0.6) is 0 Å². The molecule has 0 spiro atoms. The van der Waals surface area contributed by atoms with Gasteiger partial charge in [0.2, 0.25) is 5.91 Å². The highest BCUT2D eigenvalue weighted by molar-refractivity contribution is 5.85. The maximum absolute atomic E-state index is 11.7. The minimum atomic E-state index is -0.407. The number of amides is 1. The van der Waals surface area contributed by atoms with Crippen LogP contribution in [0.25, 0.3) is 0 Å². The van der Waals surface area contributed by atoms with Crippen LogP contribution in [0.2, 0.25) is 0 Å². The zero-order valence-electron chi connectivity index (χ0n) is 9.76. The van der Waals surface area contributed by atoms with E-state index in [-0.39, 0.29) is 24.4 Å². The van der Waals surface area contributed by atoms with Crippen molar-refractivity contribution in [3.8, 4) is 0 Å². The summed E-state index contributed by atoms with van der Waals surface area (Å²) in [5.74, 6) is 0.0291. The molecule has 16 heavy (non-hydrogen) atoms. The summed E-state index contributed by atoms with van der Waals surface area (Å²) >= 11 is 0. The molecule has 0 aromatic carbocycles. The molecule has 1 unspecified atom stereocenters. The molecule has 0 aromatic heterocycles. The molecule has 2 aliphatic heterocycles. The van der Waals surface area contributed by atoms with E-state index in [0.29, 0.717) is 12.6 Å². The van der Waals surface area contributed by atoms with Gasteiger partial charge in [-0.2, -0.15) is 0 Å². The number of nitrogens with zero attached hydrogens (tertiary/aromatic N) is 2. The third-order valence-corrected chi connectivity index (χ3v) is 3.28. The second-order valence-corrected chi connectivity index (χ2v) is 4.49. The number of nitrogens with two attached hydrogens (primary N) is 1. The minimum absolute atomic E-state index is 0. The lowest BCUT2D eigenvalue weighted by Gasteiger charge is -2.33. The van der Waals surface area contributed by atoms with Gasteiger partial charge in [0.15, 0.2) is 0 Å². The summed E-state index contributed by atoms with van der Waals surface area (Å²) in [6.45, 7) is 4.88. The molecule has 94 valence electrons. The molecule has 2 rings (SSSR count). The Labute approximate surface area is 102 Å². The summed E-state index contributed by atoms with van der Waals surface area (Å²) in [5.41, 5.74) is 5.59. The molecule has 5 nitrogen and oxygen atoms in total. The molecule has 2 aliphatic rings. The zero-order chi connectivity index (χ0) is 11.0. The van der Waals surface area contributed by atoms with Gasteiger partial charge in [0.25, 0.3) is 0 Å². The van der Waals surface area contributed by atoms with Crippen LogP contribution in [0.4, 0.5) is 0 Å². The van der Waals surface area contributed by atoms with E-state index in [9.17, 15) is 4.79 Å². The number of carbonyl (C=O) groups excluding carboxylic acids is 1. The Bertz CT molecular complexity index is 262. The maximum Gasteiger partial charge on any atom is 0.239 e. The first-order valence-corrected chi connectivity index (χ1v) is 5.46. The van der Waals surface area contributed by atoms with Gasteiger partial charge in [0.1, 0.15) is 0 Å². The van der Waals surface area contributed by atoms with Crippen LogP contribution in [-0.2, 0) is 9.53 Å². The van der Waals surface area contributed by atoms with Crippen LogP contribution in [0, 0.1) is 0 Å². The smallest absolute Gasteiger partial charge is 0.239 e. The number of hydrogen-bond donors (Lipinski definition) is 1. The second kappa shape index (κ2) is 5.31. The Morgan fingerprint density at radius 3 is 2.75 bits per heavy atom. The number of hydrogen-bond acceptors (Lipinski definition) is 4. The third-order valence-electron chi connectivity index (χ3n) is 3.28. The Kier molecular flexibility index (Phi) is 4.55. The van der Waals surface area contributed by atoms with Gasteiger partial charge >= 0.3 is 0 Å². The molecule has 0 radical (unpaired) electrons. The number of fused-ring (bicyclic) bond motifs is 1. The Hall–Kier alpha value is -0.360. The molecule has 6 heteroatoms. The van der Waals surface area contributed by atoms with Crippen LogP contribution in [0.3, 0.4) is 0 Å². The average molecular weight is 250 g/mol. The van der Waals surface area contributed by atoms with Crippen molar-refractivity contribution in [2.45, 2.75) is 25.1 Å². The van der Waals surface area contributed by atoms with E-state index >= 15 is 0 Å². The van der Waals surface area contributed by atoms with Gasteiger partial charge in [0, 0.05) is 19.6 Å². The van der Waals surface area contributed by atoms with Gasteiger partial charge in [0.05, 0.1) is 24.8 Å². The zero-order valence-corrected chi connectivity index (χ0v) is 10.6. The van der Waals surface area contributed by atoms with E-state index < -0.39 is 6.04 Å². The number of carbonyl (C=O) groups is 1. The van der Waals surface area contributed by atoms with Crippen LogP contribution in [-0.4, -0.2) is 67.2 Å². The van der Waals surface area contributed by atoms with Crippen molar-refractivity contribution in [1.82, 2.24) is 9.80 Å². The molecule has 0 aliphatic carbocycles. The lowest BCUT2D eigenvalue weighted by atomic mass is 10.1. The van der Waals surface area contributed by atoms with Crippen LogP contribution >= 0.6 is 12.4 Å². The molecule has 3 atom stereocenters. The highest BCUT2D eigenvalue weighted by Crippen LogP contribution is 2.21. The third kappa shape index (κ3) is 2.48. The number of likely N-dealkylation sites (N-methyl/N-ethyl adjacent to an activating group) is 1. The molecule has 0 bridgehead atoms. The van der Waals surface area contributed by atoms with Gasteiger partial charge in [-0.05, 0) is 14.0 Å². The Balaban J connectivity index is 0.00000128. The largest absolute Gasteiger partial charge is 0.373 e. The topological polar surface area (TPSA) is 58.8 Å². The van der Waals surface area contributed by atoms with E-state index in [1.54, 1.807) is 6.92 Å². The van der Waals surface area contributed by atoms with Crippen molar-refractivity contribution < 1.29 is 9.53 Å². The average Bonchev–Trinajstić information content (AvgIpc) is 2.61. The first kappa shape index (κ1) is 13.7. The van der Waals surface area contributed by atoms with Crippen molar-refractivity contribution in [1.29, 1.82) is 0 Å². The van der Waals surface area contributed by atoms with E-state index in [2.05, 4.69) is 11.9 Å². The molecule has 1 amide bonds. The van der Waals surface area contributed by atoms with Gasteiger partial charge in [-0.15, -0.1) is 12.4 Å². The summed E-state index contributed by atoms with van der Waals surface area (Å²) in [5, 5.41) is 0. The van der Waals surface area contributed by atoms with E-state index in [0.717, 1.165) is 19.7 Å². The quantitative estimate of drug-likeness (QED) is 0.668. The van der Waals surface area contributed by atoms with Crippen molar-refractivity contribution in [3.63, 3.8) is 0 Å². The first-order valence-electron chi connectivity index (χ1n) is 5.46. The summed E-state index contributed by atoms with van der Waals surface area (Å²) in [6.07, 6.45) is 0.173. The molecule has 2 N–H and O–H groups in total. The van der Waals surface area contributed by atoms with Crippen molar-refractivity contribution in [2.24, 2.45) is 5.73 Å². The minimum Gasteiger partial charge on any atom is -0.373 e. The number of rotatable bonds is 1. The summed E-state index contributed by atoms with van der Waals surface area (Å²) in [6, 6.07) is -0.0584. The fourth-order valence-corrected chi connectivity index (χ4v) is 2.33. The Morgan fingerprint density at radius 2 is 2.19 bits per heavy atom. The van der Waals surface area contributed by atoms with Crippen LogP contribution in [0.15, 0.2) is 0 Å². The molecule has 2 fully saturated rings. The van der Waals surface area contributed by atoms with Gasteiger partial charge in [-0.25, -0.2) is 0 Å². The Morgan fingerprint density at radius 1 is 1.50 bits per heavy atom. The van der Waals surface area contributed by atoms with Crippen molar-refractivity contribution in [3.05, 3.63) is 0 Å². The molecular formula is C10H20ClN3O2. The van der Waals surface area contributed by atoms with Gasteiger partial charge < -0.3 is 15.4 Å². The predicted octanol–water partition coefficient (Wildman–Crippen LogP) is -0.703. The van der Waals surface area contributed by atoms with Crippen molar-refractivity contribution in [2.75, 3.05) is 33.3 Å². The van der Waals surface area contributed by atoms with E-state index in [1.807, 2.05) is 4.90 Å². The number of morpholine rings is 1. The SMILES string of the molecule is CC(N)C(=O)N1C[C@H]2OCCN(C)[C@H]2C1.Cl. The van der Waals surface area contributed by atoms with Gasteiger partial charge in [-0.1, -0.05) is 0 Å². The molecule has 2 heterocycles. The predicted molar refractivity (Wildman–Crippen MR) is 63.6 cm³/mol. The number of halogens is 1.